The van der Waals surface area contributed by atoms with Crippen LogP contribution in [0.2, 0.25) is 0 Å². The molecule has 3 aromatic carbocycles. The fraction of sp³-hybridized carbons (Fsp3) is 0.182. The Bertz CT molecular complexity index is 778. The standard InChI is InChI=1S/C22H22BrNO2/c23-19-11-13-22(14-12-19)26-17-21(25)16-24(20-9-5-2-6-10-20)15-18-7-3-1-4-8-18/h1-14,21,25H,15-17H2. The Morgan fingerprint density at radius 2 is 1.46 bits per heavy atom. The quantitative estimate of drug-likeness (QED) is 0.572. The van der Waals surface area contributed by atoms with E-state index < -0.39 is 6.10 Å². The number of aliphatic hydroxyl groups is 1. The predicted molar refractivity (Wildman–Crippen MR) is 110 cm³/mol. The van der Waals surface area contributed by atoms with Crippen LogP contribution >= 0.6 is 15.9 Å². The van der Waals surface area contributed by atoms with Crippen LogP contribution in [-0.4, -0.2) is 24.4 Å². The highest BCUT2D eigenvalue weighted by atomic mass is 79.9. The van der Waals surface area contributed by atoms with E-state index in [2.05, 4.69) is 45.1 Å². The van der Waals surface area contributed by atoms with E-state index in [1.165, 1.54) is 5.56 Å². The van der Waals surface area contributed by atoms with Crippen LogP contribution < -0.4 is 9.64 Å². The molecule has 0 aliphatic carbocycles. The minimum absolute atomic E-state index is 0.250. The molecular weight excluding hydrogens is 390 g/mol. The lowest BCUT2D eigenvalue weighted by Crippen LogP contribution is -2.35. The lowest BCUT2D eigenvalue weighted by atomic mass is 10.2. The van der Waals surface area contributed by atoms with E-state index in [-0.39, 0.29) is 6.61 Å². The summed E-state index contributed by atoms with van der Waals surface area (Å²) in [6.07, 6.45) is -0.595. The third-order valence-electron chi connectivity index (χ3n) is 4.02. The second-order valence-corrected chi connectivity index (χ2v) is 7.04. The monoisotopic (exact) mass is 411 g/mol. The first-order valence-electron chi connectivity index (χ1n) is 8.61. The molecule has 1 N–H and O–H groups in total. The van der Waals surface area contributed by atoms with Gasteiger partial charge in [0, 0.05) is 23.2 Å². The number of para-hydroxylation sites is 1. The summed E-state index contributed by atoms with van der Waals surface area (Å²) >= 11 is 3.40. The van der Waals surface area contributed by atoms with Crippen molar-refractivity contribution in [2.45, 2.75) is 12.6 Å². The molecule has 0 aliphatic heterocycles. The molecule has 1 unspecified atom stereocenters. The molecule has 0 spiro atoms. The molecule has 0 amide bonds. The van der Waals surface area contributed by atoms with Crippen molar-refractivity contribution in [1.29, 1.82) is 0 Å². The first kappa shape index (κ1) is 18.5. The number of nitrogens with zero attached hydrogens (tertiary/aromatic N) is 1. The zero-order valence-corrected chi connectivity index (χ0v) is 16.0. The van der Waals surface area contributed by atoms with Crippen LogP contribution in [0.25, 0.3) is 0 Å². The molecule has 0 aliphatic rings. The fourth-order valence-corrected chi connectivity index (χ4v) is 3.00. The van der Waals surface area contributed by atoms with Crippen molar-refractivity contribution in [3.8, 4) is 5.75 Å². The fourth-order valence-electron chi connectivity index (χ4n) is 2.73. The van der Waals surface area contributed by atoms with Gasteiger partial charge in [-0.25, -0.2) is 0 Å². The van der Waals surface area contributed by atoms with Gasteiger partial charge in [-0.3, -0.25) is 0 Å². The van der Waals surface area contributed by atoms with Gasteiger partial charge in [0.2, 0.25) is 0 Å². The van der Waals surface area contributed by atoms with Crippen molar-refractivity contribution >= 4 is 21.6 Å². The van der Waals surface area contributed by atoms with Gasteiger partial charge in [-0.1, -0.05) is 64.5 Å². The SMILES string of the molecule is OC(COc1ccc(Br)cc1)CN(Cc1ccccc1)c1ccccc1. The van der Waals surface area contributed by atoms with Crippen molar-refractivity contribution in [2.75, 3.05) is 18.1 Å². The van der Waals surface area contributed by atoms with Gasteiger partial charge in [0.25, 0.3) is 0 Å². The molecule has 0 aromatic heterocycles. The summed E-state index contributed by atoms with van der Waals surface area (Å²) in [5.74, 6) is 0.751. The Labute approximate surface area is 163 Å². The largest absolute Gasteiger partial charge is 0.491 e. The average Bonchev–Trinajstić information content (AvgIpc) is 2.68. The Morgan fingerprint density at radius 3 is 2.12 bits per heavy atom. The van der Waals surface area contributed by atoms with Crippen molar-refractivity contribution in [3.63, 3.8) is 0 Å². The summed E-state index contributed by atoms with van der Waals surface area (Å²) in [6.45, 7) is 1.48. The Kier molecular flexibility index (Phi) is 6.69. The highest BCUT2D eigenvalue weighted by molar-refractivity contribution is 9.10. The van der Waals surface area contributed by atoms with E-state index in [4.69, 9.17) is 4.74 Å². The summed E-state index contributed by atoms with van der Waals surface area (Å²) in [4.78, 5) is 2.17. The van der Waals surface area contributed by atoms with E-state index in [1.807, 2.05) is 60.7 Å². The number of hydrogen-bond acceptors (Lipinski definition) is 3. The second-order valence-electron chi connectivity index (χ2n) is 6.12. The highest BCUT2D eigenvalue weighted by Gasteiger charge is 2.14. The molecule has 4 heteroatoms. The zero-order chi connectivity index (χ0) is 18.2. The number of anilines is 1. The molecular formula is C22H22BrNO2. The van der Waals surface area contributed by atoms with Gasteiger partial charge < -0.3 is 14.7 Å². The summed E-state index contributed by atoms with van der Waals surface area (Å²) in [7, 11) is 0. The van der Waals surface area contributed by atoms with Gasteiger partial charge >= 0.3 is 0 Å². The lowest BCUT2D eigenvalue weighted by molar-refractivity contribution is 0.112. The molecule has 3 nitrogen and oxygen atoms in total. The van der Waals surface area contributed by atoms with Crippen molar-refractivity contribution in [3.05, 3.63) is 95.0 Å². The molecule has 0 saturated carbocycles. The first-order valence-corrected chi connectivity index (χ1v) is 9.40. The van der Waals surface area contributed by atoms with E-state index >= 15 is 0 Å². The van der Waals surface area contributed by atoms with Crippen LogP contribution in [0.5, 0.6) is 5.75 Å². The Hall–Kier alpha value is -2.30. The number of rotatable bonds is 8. The Morgan fingerprint density at radius 1 is 0.846 bits per heavy atom. The summed E-state index contributed by atoms with van der Waals surface area (Å²) in [5.41, 5.74) is 2.29. The summed E-state index contributed by atoms with van der Waals surface area (Å²) < 4.78 is 6.72. The first-order chi connectivity index (χ1) is 12.7. The Balaban J connectivity index is 1.63. The van der Waals surface area contributed by atoms with E-state index in [0.717, 1.165) is 22.5 Å². The second kappa shape index (κ2) is 9.41. The van der Waals surface area contributed by atoms with Gasteiger partial charge in [0.1, 0.15) is 18.5 Å². The van der Waals surface area contributed by atoms with Gasteiger partial charge in [-0.05, 0) is 42.0 Å². The van der Waals surface area contributed by atoms with Crippen LogP contribution in [0, 0.1) is 0 Å². The molecule has 134 valence electrons. The third-order valence-corrected chi connectivity index (χ3v) is 4.55. The molecule has 1 atom stereocenters. The minimum atomic E-state index is -0.595. The maximum Gasteiger partial charge on any atom is 0.119 e. The van der Waals surface area contributed by atoms with Crippen molar-refractivity contribution in [1.82, 2.24) is 0 Å². The topological polar surface area (TPSA) is 32.7 Å². The van der Waals surface area contributed by atoms with Crippen LogP contribution in [0.15, 0.2) is 89.4 Å². The molecule has 26 heavy (non-hydrogen) atoms. The number of halogens is 1. The van der Waals surface area contributed by atoms with Crippen LogP contribution in [0.1, 0.15) is 5.56 Å². The van der Waals surface area contributed by atoms with Gasteiger partial charge in [0.05, 0.1) is 0 Å². The van der Waals surface area contributed by atoms with Crippen LogP contribution in [0.3, 0.4) is 0 Å². The van der Waals surface area contributed by atoms with E-state index in [9.17, 15) is 5.11 Å². The maximum absolute atomic E-state index is 10.5. The van der Waals surface area contributed by atoms with Gasteiger partial charge in [-0.15, -0.1) is 0 Å². The number of ether oxygens (including phenoxy) is 1. The summed E-state index contributed by atoms with van der Waals surface area (Å²) in [5, 5.41) is 10.5. The van der Waals surface area contributed by atoms with Gasteiger partial charge in [0.15, 0.2) is 0 Å². The van der Waals surface area contributed by atoms with Crippen LogP contribution in [-0.2, 0) is 6.54 Å². The molecule has 0 saturated heterocycles. The summed E-state index contributed by atoms with van der Waals surface area (Å²) in [6, 6.07) is 28.0. The smallest absolute Gasteiger partial charge is 0.119 e. The molecule has 3 aromatic rings. The predicted octanol–water partition coefficient (Wildman–Crippen LogP) is 4.90. The molecule has 3 rings (SSSR count). The maximum atomic E-state index is 10.5. The third kappa shape index (κ3) is 5.61. The number of aliphatic hydroxyl groups excluding tert-OH is 1. The van der Waals surface area contributed by atoms with E-state index in [1.54, 1.807) is 0 Å². The lowest BCUT2D eigenvalue weighted by Gasteiger charge is -2.27. The van der Waals surface area contributed by atoms with Crippen LogP contribution in [0.4, 0.5) is 5.69 Å². The molecule has 0 fully saturated rings. The number of hydrogen-bond donors (Lipinski definition) is 1. The normalized spacial score (nSPS) is 11.8. The van der Waals surface area contributed by atoms with Crippen molar-refractivity contribution in [2.24, 2.45) is 0 Å². The highest BCUT2D eigenvalue weighted by Crippen LogP contribution is 2.19. The average molecular weight is 412 g/mol. The molecule has 0 bridgehead atoms. The molecule has 0 heterocycles. The van der Waals surface area contributed by atoms with E-state index in [0.29, 0.717) is 6.54 Å². The van der Waals surface area contributed by atoms with Crippen molar-refractivity contribution < 1.29 is 9.84 Å². The minimum Gasteiger partial charge on any atom is -0.491 e. The number of benzene rings is 3. The van der Waals surface area contributed by atoms with Gasteiger partial charge in [-0.2, -0.15) is 0 Å². The zero-order valence-electron chi connectivity index (χ0n) is 14.5. The molecule has 0 radical (unpaired) electrons.